The molecule has 3 amide bonds. The number of halogens is 2. The summed E-state index contributed by atoms with van der Waals surface area (Å²) in [5, 5.41) is 1.31. The predicted molar refractivity (Wildman–Crippen MR) is 161 cm³/mol. The van der Waals surface area contributed by atoms with Crippen LogP contribution >= 0.6 is 23.2 Å². The molecular formula is C25H28Cl2N6O9S2. The fourth-order valence-corrected chi connectivity index (χ4v) is 6.44. The lowest BCUT2D eigenvalue weighted by Crippen LogP contribution is -2.47. The number of ether oxygens (including phenoxy) is 3. The number of nitrogens with zero attached hydrogens (tertiary/aromatic N) is 4. The second-order valence-electron chi connectivity index (χ2n) is 8.68. The number of carbonyl (C=O) groups is 2. The lowest BCUT2D eigenvalue weighted by molar-refractivity contribution is -0.117. The number of urea groups is 1. The number of methoxy groups -OCH3 is 2. The van der Waals surface area contributed by atoms with Crippen molar-refractivity contribution in [3.63, 3.8) is 0 Å². The van der Waals surface area contributed by atoms with Crippen LogP contribution in [0.15, 0.2) is 58.6 Å². The van der Waals surface area contributed by atoms with Gasteiger partial charge in [0.05, 0.1) is 37.8 Å². The fourth-order valence-electron chi connectivity index (χ4n) is 3.68. The summed E-state index contributed by atoms with van der Waals surface area (Å²) < 4.78 is 66.2. The van der Waals surface area contributed by atoms with E-state index in [4.69, 9.17) is 37.4 Å². The Hall–Kier alpha value is -3.93. The zero-order chi connectivity index (χ0) is 32.7. The molecule has 3 aromatic rings. The Bertz CT molecular complexity index is 1700. The Morgan fingerprint density at radius 2 is 1.70 bits per heavy atom. The molecule has 0 aliphatic carbocycles. The van der Waals surface area contributed by atoms with E-state index in [9.17, 15) is 26.4 Å². The molecule has 0 saturated carbocycles. The van der Waals surface area contributed by atoms with Gasteiger partial charge in [0, 0.05) is 6.20 Å². The summed E-state index contributed by atoms with van der Waals surface area (Å²) in [5.41, 5.74) is 0.720. The molecule has 0 saturated heterocycles. The Kier molecular flexibility index (Phi) is 11.5. The molecular weight excluding hydrogens is 663 g/mol. The fraction of sp³-hybridized carbons (Fsp3) is 0.320. The highest BCUT2D eigenvalue weighted by Gasteiger charge is 2.32. The zero-order valence-electron chi connectivity index (χ0n) is 23.7. The van der Waals surface area contributed by atoms with E-state index in [2.05, 4.69) is 20.3 Å². The standard InChI is InChI=1S/C14H17N5O7S2.C11H11Cl2NO2/c1-4-27(21,22)9-6-5-7-15-12(9)28(23,24)19-14(20)18-13-16-10(25-2)8-11(17-13)26-3;1-7-6-16-9-5-3-2-4-8(9)14(7)11(15)10(12)13/h5-8H,4H2,1-3H3,(H2,16,17,18,19,20);2-5,7,10H,6H2,1H3. The highest BCUT2D eigenvalue weighted by Crippen LogP contribution is 2.34. The first-order chi connectivity index (χ1) is 20.7. The molecule has 0 bridgehead atoms. The highest BCUT2D eigenvalue weighted by atomic mass is 35.5. The number of amides is 3. The maximum Gasteiger partial charge on any atom is 0.335 e. The Morgan fingerprint density at radius 3 is 2.30 bits per heavy atom. The molecule has 3 heterocycles. The van der Waals surface area contributed by atoms with Crippen LogP contribution in [0.4, 0.5) is 16.4 Å². The van der Waals surface area contributed by atoms with Crippen LogP contribution in [0.3, 0.4) is 0 Å². The molecule has 0 spiro atoms. The average Bonchev–Trinajstić information content (AvgIpc) is 3.00. The minimum Gasteiger partial charge on any atom is -0.489 e. The molecule has 1 unspecified atom stereocenters. The number of benzene rings is 1. The average molecular weight is 692 g/mol. The second kappa shape index (κ2) is 14.7. The summed E-state index contributed by atoms with van der Waals surface area (Å²) in [6.07, 6.45) is 1.09. The lowest BCUT2D eigenvalue weighted by Gasteiger charge is -2.35. The number of alkyl halides is 2. The molecule has 238 valence electrons. The summed E-state index contributed by atoms with van der Waals surface area (Å²) in [6, 6.07) is 9.75. The Morgan fingerprint density at radius 1 is 1.07 bits per heavy atom. The van der Waals surface area contributed by atoms with Gasteiger partial charge in [0.25, 0.3) is 15.9 Å². The molecule has 1 aromatic carbocycles. The third kappa shape index (κ3) is 8.37. The van der Waals surface area contributed by atoms with Crippen LogP contribution in [0.2, 0.25) is 0 Å². The molecule has 0 fully saturated rings. The van der Waals surface area contributed by atoms with Crippen molar-refractivity contribution in [3.05, 3.63) is 48.7 Å². The van der Waals surface area contributed by atoms with Crippen molar-refractivity contribution in [2.24, 2.45) is 0 Å². The Labute approximate surface area is 263 Å². The molecule has 2 N–H and O–H groups in total. The van der Waals surface area contributed by atoms with Gasteiger partial charge in [0.2, 0.25) is 17.7 Å². The first-order valence-electron chi connectivity index (χ1n) is 12.6. The van der Waals surface area contributed by atoms with E-state index in [-0.39, 0.29) is 35.4 Å². The van der Waals surface area contributed by atoms with Gasteiger partial charge in [-0.1, -0.05) is 42.3 Å². The lowest BCUT2D eigenvalue weighted by atomic mass is 10.1. The first-order valence-corrected chi connectivity index (χ1v) is 16.6. The van der Waals surface area contributed by atoms with Crippen LogP contribution in [0.25, 0.3) is 0 Å². The zero-order valence-corrected chi connectivity index (χ0v) is 26.9. The molecule has 0 radical (unpaired) electrons. The number of sulfone groups is 1. The minimum absolute atomic E-state index is 0.0612. The number of anilines is 2. The molecule has 15 nitrogen and oxygen atoms in total. The van der Waals surface area contributed by atoms with Crippen LogP contribution in [0.1, 0.15) is 13.8 Å². The van der Waals surface area contributed by atoms with Crippen molar-refractivity contribution in [1.82, 2.24) is 19.7 Å². The number of para-hydroxylation sites is 2. The van der Waals surface area contributed by atoms with Gasteiger partial charge in [-0.2, -0.15) is 18.4 Å². The summed E-state index contributed by atoms with van der Waals surface area (Å²) in [4.78, 5) is 35.2. The van der Waals surface area contributed by atoms with Crippen LogP contribution in [-0.4, -0.2) is 81.2 Å². The number of hydrogen-bond donors (Lipinski definition) is 2. The smallest absolute Gasteiger partial charge is 0.335 e. The maximum atomic E-state index is 12.5. The van der Waals surface area contributed by atoms with Crippen molar-refractivity contribution < 1.29 is 40.6 Å². The molecule has 4 rings (SSSR count). The topological polar surface area (TPSA) is 196 Å². The number of aromatic nitrogens is 3. The first kappa shape index (κ1) is 34.6. The van der Waals surface area contributed by atoms with E-state index >= 15 is 0 Å². The van der Waals surface area contributed by atoms with Crippen LogP contribution < -0.4 is 29.1 Å². The van der Waals surface area contributed by atoms with Gasteiger partial charge in [-0.05, 0) is 31.2 Å². The summed E-state index contributed by atoms with van der Waals surface area (Å²) in [5.74, 6) is -0.150. The number of nitrogens with one attached hydrogen (secondary N) is 2. The van der Waals surface area contributed by atoms with Gasteiger partial charge in [-0.25, -0.2) is 22.9 Å². The van der Waals surface area contributed by atoms with Crippen molar-refractivity contribution in [3.8, 4) is 17.5 Å². The van der Waals surface area contributed by atoms with E-state index in [1.807, 2.05) is 31.2 Å². The minimum atomic E-state index is -4.61. The van der Waals surface area contributed by atoms with Crippen LogP contribution in [0.5, 0.6) is 17.5 Å². The number of rotatable bonds is 8. The van der Waals surface area contributed by atoms with Crippen molar-refractivity contribution >= 4 is 66.6 Å². The van der Waals surface area contributed by atoms with Gasteiger partial charge in [-0.3, -0.25) is 10.1 Å². The summed E-state index contributed by atoms with van der Waals surface area (Å²) >= 11 is 11.3. The third-order valence-corrected chi connectivity index (χ3v) is 9.28. The molecule has 19 heteroatoms. The summed E-state index contributed by atoms with van der Waals surface area (Å²) in [7, 11) is -5.85. The molecule has 44 heavy (non-hydrogen) atoms. The predicted octanol–water partition coefficient (Wildman–Crippen LogP) is 2.80. The number of carbonyl (C=O) groups excluding carboxylic acids is 2. The van der Waals surface area contributed by atoms with E-state index < -0.39 is 40.6 Å². The number of hydrogen-bond acceptors (Lipinski definition) is 12. The van der Waals surface area contributed by atoms with Crippen LogP contribution in [-0.2, 0) is 24.7 Å². The van der Waals surface area contributed by atoms with E-state index in [1.54, 1.807) is 9.62 Å². The van der Waals surface area contributed by atoms with Gasteiger partial charge < -0.3 is 19.1 Å². The quantitative estimate of drug-likeness (QED) is 0.328. The Balaban J connectivity index is 0.000000278. The second-order valence-corrected chi connectivity index (χ2v) is 13.6. The largest absolute Gasteiger partial charge is 0.489 e. The molecule has 1 aliphatic rings. The van der Waals surface area contributed by atoms with E-state index in [1.165, 1.54) is 33.3 Å². The number of pyridine rings is 1. The highest BCUT2D eigenvalue weighted by molar-refractivity contribution is 7.93. The van der Waals surface area contributed by atoms with Crippen molar-refractivity contribution in [1.29, 1.82) is 0 Å². The normalized spacial score (nSPS) is 14.3. The number of sulfonamides is 1. The molecule has 1 aliphatic heterocycles. The van der Waals surface area contributed by atoms with Gasteiger partial charge >= 0.3 is 6.03 Å². The van der Waals surface area contributed by atoms with Gasteiger partial charge in [0.15, 0.2) is 19.7 Å². The monoisotopic (exact) mass is 690 g/mol. The summed E-state index contributed by atoms with van der Waals surface area (Å²) in [6.45, 7) is 3.69. The van der Waals surface area contributed by atoms with Gasteiger partial charge in [0.1, 0.15) is 17.3 Å². The molecule has 2 aromatic heterocycles. The van der Waals surface area contributed by atoms with E-state index in [0.717, 1.165) is 18.0 Å². The van der Waals surface area contributed by atoms with Gasteiger partial charge in [-0.15, -0.1) is 0 Å². The van der Waals surface area contributed by atoms with Crippen LogP contribution in [0, 0.1) is 0 Å². The van der Waals surface area contributed by atoms with Crippen molar-refractivity contribution in [2.45, 2.75) is 34.6 Å². The third-order valence-electron chi connectivity index (χ3n) is 5.73. The number of fused-ring (bicyclic) bond motifs is 1. The van der Waals surface area contributed by atoms with Crippen molar-refractivity contribution in [2.75, 3.05) is 36.8 Å². The molecule has 1 atom stereocenters. The SMILES string of the molecule is CC1COc2ccccc2N1C(=O)C(Cl)Cl.CCS(=O)(=O)c1cccnc1S(=O)(=O)NC(=O)Nc1nc(OC)cc(OC)n1. The van der Waals surface area contributed by atoms with E-state index in [0.29, 0.717) is 12.4 Å². The maximum absolute atomic E-state index is 12.5.